The molecule has 0 unspecified atom stereocenters. The standard InChI is InChI=1S/C14H24N2O4Si.C7H8N2O3.C2H6O.CH4.Na.H2O.H2/c1-6-20-14(18)12-13(17)11(2)9-16(15-12)10-19-7-8-21(3,4)5;1-4-3-9(2)8-5(6(4)10)7(11)12;1-2-3;;;;/h9H,6-8,10H2,1-5H3;3H,1-2H3,(H,11,12);3H,2H2,1H3;1H4;;1H2;1H/q;;;;+1;;/p-1. The first-order valence-electron chi connectivity index (χ1n) is 11.4. The van der Waals surface area contributed by atoms with E-state index in [2.05, 4.69) is 29.8 Å². The third kappa shape index (κ3) is 17.2. The third-order valence-corrected chi connectivity index (χ3v) is 5.95. The molecule has 0 atom stereocenters. The number of carbonyl (C=O) groups is 2. The Hall–Kier alpha value is -2.20. The van der Waals surface area contributed by atoms with Crippen molar-refractivity contribution in [1.82, 2.24) is 19.6 Å². The van der Waals surface area contributed by atoms with Crippen molar-refractivity contribution in [2.75, 3.05) is 19.8 Å². The number of aliphatic hydroxyl groups is 1. The van der Waals surface area contributed by atoms with Gasteiger partial charge in [-0.1, -0.05) is 27.1 Å². The molecule has 2 aromatic rings. The fraction of sp³-hybridized carbons (Fsp3) is 0.583. The van der Waals surface area contributed by atoms with Gasteiger partial charge >= 0.3 is 41.5 Å². The number of carboxylic acid groups (broad SMARTS) is 1. The van der Waals surface area contributed by atoms with Crippen LogP contribution in [0.15, 0.2) is 22.0 Å². The molecule has 0 aliphatic carbocycles. The molecule has 0 fully saturated rings. The SMILES string of the molecule is C.CCO.CCOC(=O)c1nn(COCC[Si](C)(C)C)cc(C)c1=O.Cc1cn(C)nc(C(=O)O)c1=O.[HH].[Na+].[OH-]. The second-order valence-electron chi connectivity index (χ2n) is 8.88. The van der Waals surface area contributed by atoms with Gasteiger partial charge in [-0.2, -0.15) is 10.2 Å². The smallest absolute Gasteiger partial charge is 0.870 e. The molecule has 13 nitrogen and oxygen atoms in total. The summed E-state index contributed by atoms with van der Waals surface area (Å²) in [5, 5.41) is 23.6. The number of hydrogen-bond acceptors (Lipinski definition) is 10. The molecule has 2 aromatic heterocycles. The maximum atomic E-state index is 11.9. The van der Waals surface area contributed by atoms with Crippen molar-refractivity contribution in [2.45, 2.75) is 67.5 Å². The predicted molar refractivity (Wildman–Crippen MR) is 148 cm³/mol. The van der Waals surface area contributed by atoms with Gasteiger partial charge in [0.25, 0.3) is 0 Å². The van der Waals surface area contributed by atoms with Gasteiger partial charge in [0.1, 0.15) is 6.73 Å². The summed E-state index contributed by atoms with van der Waals surface area (Å²) in [6, 6.07) is 1.05. The molecule has 0 radical (unpaired) electrons. The largest absolute Gasteiger partial charge is 1.00 e. The van der Waals surface area contributed by atoms with E-state index >= 15 is 0 Å². The van der Waals surface area contributed by atoms with Crippen LogP contribution < -0.4 is 40.4 Å². The topological polar surface area (TPSA) is 193 Å². The van der Waals surface area contributed by atoms with Crippen LogP contribution >= 0.6 is 0 Å². The number of aryl methyl sites for hydroxylation is 3. The van der Waals surface area contributed by atoms with Gasteiger partial charge in [-0.25, -0.2) is 14.3 Å². The van der Waals surface area contributed by atoms with Gasteiger partial charge < -0.3 is 25.2 Å². The Morgan fingerprint density at radius 2 is 1.51 bits per heavy atom. The van der Waals surface area contributed by atoms with Gasteiger partial charge in [-0.05, 0) is 33.7 Å². The number of hydrogen-bond donors (Lipinski definition) is 2. The van der Waals surface area contributed by atoms with Gasteiger partial charge in [-0.15, -0.1) is 0 Å². The number of aliphatic hydroxyl groups excluding tert-OH is 1. The van der Waals surface area contributed by atoms with Crippen LogP contribution in [0.3, 0.4) is 0 Å². The maximum absolute atomic E-state index is 11.9. The Morgan fingerprint density at radius 3 is 1.97 bits per heavy atom. The van der Waals surface area contributed by atoms with E-state index in [0.29, 0.717) is 17.7 Å². The summed E-state index contributed by atoms with van der Waals surface area (Å²) < 4.78 is 13.2. The number of rotatable bonds is 8. The molecule has 0 saturated carbocycles. The van der Waals surface area contributed by atoms with Crippen LogP contribution in [0.1, 0.15) is 54.8 Å². The molecule has 15 heteroatoms. The second-order valence-corrected chi connectivity index (χ2v) is 14.5. The van der Waals surface area contributed by atoms with Gasteiger partial charge in [0, 0.05) is 53.3 Å². The first kappa shape index (κ1) is 43.8. The Kier molecular flexibility index (Phi) is 24.3. The van der Waals surface area contributed by atoms with Crippen molar-refractivity contribution in [3.63, 3.8) is 0 Å². The molecule has 0 bridgehead atoms. The molecule has 39 heavy (non-hydrogen) atoms. The average Bonchev–Trinajstić information content (AvgIpc) is 2.76. The number of esters is 1. The van der Waals surface area contributed by atoms with Crippen LogP contribution in [0.5, 0.6) is 0 Å². The summed E-state index contributed by atoms with van der Waals surface area (Å²) in [6.07, 6.45) is 3.06. The quantitative estimate of drug-likeness (QED) is 0.232. The Bertz CT molecular complexity index is 1140. The zero-order valence-electron chi connectivity index (χ0n) is 23.8. The van der Waals surface area contributed by atoms with E-state index in [-0.39, 0.29) is 69.5 Å². The van der Waals surface area contributed by atoms with Gasteiger partial charge in [-0.3, -0.25) is 14.3 Å². The third-order valence-electron chi connectivity index (χ3n) is 4.25. The van der Waals surface area contributed by atoms with Crippen LogP contribution in [0.4, 0.5) is 0 Å². The van der Waals surface area contributed by atoms with E-state index in [4.69, 9.17) is 19.7 Å². The van der Waals surface area contributed by atoms with Crippen LogP contribution in [0, 0.1) is 13.8 Å². The van der Waals surface area contributed by atoms with Crippen molar-refractivity contribution in [1.29, 1.82) is 0 Å². The molecule has 0 aliphatic rings. The number of nitrogens with zero attached hydrogens (tertiary/aromatic N) is 4. The fourth-order valence-corrected chi connectivity index (χ4v) is 3.26. The van der Waals surface area contributed by atoms with E-state index < -0.39 is 36.6 Å². The number of carbonyl (C=O) groups excluding carboxylic acids is 1. The van der Waals surface area contributed by atoms with Crippen molar-refractivity contribution < 1.29 is 65.7 Å². The van der Waals surface area contributed by atoms with Gasteiger partial charge in [0.2, 0.25) is 22.2 Å². The predicted octanol–water partition coefficient (Wildman–Crippen LogP) is -0.464. The minimum Gasteiger partial charge on any atom is -0.870 e. The van der Waals surface area contributed by atoms with Crippen LogP contribution in [0.25, 0.3) is 0 Å². The average molecular weight is 585 g/mol. The maximum Gasteiger partial charge on any atom is 1.00 e. The number of carboxylic acids is 1. The van der Waals surface area contributed by atoms with Crippen LogP contribution in [-0.4, -0.2) is 75.1 Å². The van der Waals surface area contributed by atoms with E-state index in [1.165, 1.54) is 15.6 Å². The molecular weight excluding hydrogens is 539 g/mol. The first-order valence-corrected chi connectivity index (χ1v) is 15.1. The normalized spacial score (nSPS) is 9.67. The van der Waals surface area contributed by atoms with Crippen LogP contribution in [0.2, 0.25) is 25.7 Å². The summed E-state index contributed by atoms with van der Waals surface area (Å²) in [5.74, 6) is -1.98. The van der Waals surface area contributed by atoms with Gasteiger partial charge in [0.05, 0.1) is 6.61 Å². The van der Waals surface area contributed by atoms with E-state index in [1.807, 2.05) is 0 Å². The molecule has 0 aromatic carbocycles. The molecular formula is C24H45N4NaO9Si. The molecule has 3 N–H and O–H groups in total. The van der Waals surface area contributed by atoms with Crippen molar-refractivity contribution in [3.8, 4) is 0 Å². The summed E-state index contributed by atoms with van der Waals surface area (Å²) in [4.78, 5) is 45.1. The summed E-state index contributed by atoms with van der Waals surface area (Å²) in [6.45, 7) is 14.7. The Labute approximate surface area is 254 Å². The molecule has 220 valence electrons. The Balaban J connectivity index is -0.000000185. The summed E-state index contributed by atoms with van der Waals surface area (Å²) in [7, 11) is 0.435. The van der Waals surface area contributed by atoms with E-state index in [1.54, 1.807) is 40.9 Å². The van der Waals surface area contributed by atoms with Crippen molar-refractivity contribution in [2.24, 2.45) is 7.05 Å². The molecule has 0 aliphatic heterocycles. The van der Waals surface area contributed by atoms with Crippen LogP contribution in [-0.2, 0) is 23.3 Å². The molecule has 2 heterocycles. The fourth-order valence-electron chi connectivity index (χ4n) is 2.50. The molecule has 0 spiro atoms. The molecule has 0 saturated heterocycles. The van der Waals surface area contributed by atoms with Crippen molar-refractivity contribution >= 4 is 20.0 Å². The molecule has 2 rings (SSSR count). The first-order chi connectivity index (χ1) is 16.7. The van der Waals surface area contributed by atoms with Gasteiger partial charge in [0.15, 0.2) is 0 Å². The summed E-state index contributed by atoms with van der Waals surface area (Å²) >= 11 is 0. The zero-order valence-corrected chi connectivity index (χ0v) is 26.8. The minimum absolute atomic E-state index is 0. The number of aromatic carboxylic acids is 1. The zero-order chi connectivity index (χ0) is 28.1. The molecule has 0 amide bonds. The van der Waals surface area contributed by atoms with E-state index in [0.717, 1.165) is 6.04 Å². The monoisotopic (exact) mass is 584 g/mol. The number of ether oxygens (including phenoxy) is 2. The second kappa shape index (κ2) is 21.6. The van der Waals surface area contributed by atoms with Crippen molar-refractivity contribution in [3.05, 3.63) is 55.4 Å². The Morgan fingerprint density at radius 1 is 1.03 bits per heavy atom. The van der Waals surface area contributed by atoms with E-state index in [9.17, 15) is 19.2 Å². The number of aromatic nitrogens is 4. The summed E-state index contributed by atoms with van der Waals surface area (Å²) in [5.41, 5.74) is -0.720. The minimum atomic E-state index is -1.29.